The van der Waals surface area contributed by atoms with Gasteiger partial charge in [0.25, 0.3) is 6.33 Å². The van der Waals surface area contributed by atoms with Crippen molar-refractivity contribution >= 4 is 32.8 Å². The van der Waals surface area contributed by atoms with E-state index in [1.165, 1.54) is 18.2 Å². The summed E-state index contributed by atoms with van der Waals surface area (Å²) in [4.78, 5) is 4.71. The molecule has 0 spiro atoms. The molecule has 0 unspecified atom stereocenters. The van der Waals surface area contributed by atoms with Crippen molar-refractivity contribution in [3.05, 3.63) is 221 Å². The average Bonchev–Trinajstić information content (AvgIpc) is 0.921. The number of hydrogen-bond acceptors (Lipinski definition) is 2. The molecular weight excluding hydrogens is 1250 g/mol. The topological polar surface area (TPSA) is 35.9 Å². The third-order valence-corrected chi connectivity index (χ3v) is 15.4. The van der Waals surface area contributed by atoms with Gasteiger partial charge in [-0.2, -0.15) is 18.2 Å². The third-order valence-electron chi connectivity index (χ3n) is 15.4. The molecule has 0 saturated heterocycles. The van der Waals surface area contributed by atoms with Crippen LogP contribution in [-0.4, -0.2) is 14.1 Å². The first-order chi connectivity index (χ1) is 64.6. The van der Waals surface area contributed by atoms with Crippen LogP contribution in [0.2, 0.25) is 0 Å². The van der Waals surface area contributed by atoms with Gasteiger partial charge in [-0.05, 0) is 184 Å². The molecule has 0 atom stereocenters. The van der Waals surface area contributed by atoms with Crippen molar-refractivity contribution in [1.82, 2.24) is 14.1 Å². The van der Waals surface area contributed by atoms with Gasteiger partial charge >= 0.3 is 0 Å². The summed E-state index contributed by atoms with van der Waals surface area (Å²) in [5.41, 5.74) is -51.6. The fraction of sp³-hybridized carbons (Fsp3) is 0.341. The van der Waals surface area contributed by atoms with Gasteiger partial charge in [-0.25, -0.2) is 4.98 Å². The number of para-hydroxylation sites is 2. The summed E-state index contributed by atoms with van der Waals surface area (Å²) in [6.45, 7) is -50.8. The Labute approximate surface area is 617 Å². The molecule has 3 heterocycles. The van der Waals surface area contributed by atoms with Crippen molar-refractivity contribution in [2.45, 2.75) is 179 Å². The SMILES string of the molecule is [2H]c1c([2H])c2c(c([2H])c1-c1ccc3c(c1)n(-c1[c-]c(Oc4[c-]c5c(cc4)c4ccccc4n5-c4cc(C(C)(C)C)ccn4)ccc1)[c-][n+]3-c1c(-c3c([2H])c([2H])c4c(c3[2H])C(C([2H])([2H])[2H])(C([2H])([2H])[2H])C([2H])([2H])C([2H])([2H])C4(C([2H])([2H])[2H])C([2H])([2H])[2H])cccc1-c1c([2H])c([2H])c3c(c1[2H])C(C([2H])([2H])[2H])(C([2H])([2H])[2H])C([2H])([2H])C([2H])([2H])C3(C([2H])([2H])[2H])C([2H])([2H])[2H])C(C([2H])([2H])[2H])(C([2H])([2H])[2H])C([2H])([2H])C([2H])([2H])C2(C([2H])([2H])[2H])C([2H])([2H])[2H].[Pt]. The van der Waals surface area contributed by atoms with Crippen molar-refractivity contribution in [2.75, 3.05) is 0 Å². The van der Waals surface area contributed by atoms with E-state index in [9.17, 15) is 45.2 Å². The molecule has 8 aromatic carbocycles. The second-order valence-corrected chi connectivity index (χ2v) is 22.5. The molecule has 11 aromatic rings. The zero-order valence-electron chi connectivity index (χ0n) is 103. The van der Waals surface area contributed by atoms with Crippen LogP contribution in [0.25, 0.3) is 83.4 Å². The molecule has 0 N–H and O–H groups in total. The van der Waals surface area contributed by atoms with Crippen molar-refractivity contribution in [1.29, 1.82) is 0 Å². The van der Waals surface area contributed by atoms with E-state index < -0.39 is 302 Å². The predicted octanol–water partition coefficient (Wildman–Crippen LogP) is 20.9. The van der Waals surface area contributed by atoms with Crippen molar-refractivity contribution in [2.24, 2.45) is 0 Å². The van der Waals surface area contributed by atoms with Crippen LogP contribution in [0.15, 0.2) is 164 Å². The maximum Gasteiger partial charge on any atom is 0.268 e. The number of nitrogens with zero attached hydrogens (tertiary/aromatic N) is 4. The van der Waals surface area contributed by atoms with Gasteiger partial charge in [0.15, 0.2) is 0 Å². The van der Waals surface area contributed by atoms with Gasteiger partial charge in [0.2, 0.25) is 0 Å². The zero-order chi connectivity index (χ0) is 110. The quantitative estimate of drug-likeness (QED) is 0.112. The van der Waals surface area contributed by atoms with Gasteiger partial charge in [-0.3, -0.25) is 4.57 Å². The molecule has 450 valence electrons. The van der Waals surface area contributed by atoms with Crippen LogP contribution in [0.1, 0.15) is 258 Å². The van der Waals surface area contributed by atoms with Gasteiger partial charge in [0.1, 0.15) is 5.82 Å². The van der Waals surface area contributed by atoms with E-state index in [2.05, 4.69) is 18.5 Å². The Hall–Kier alpha value is -7.33. The number of hydrogen-bond donors (Lipinski definition) is 0. The van der Waals surface area contributed by atoms with Gasteiger partial charge in [0, 0.05) is 110 Å². The largest absolute Gasteiger partial charge is 0.510 e. The van der Waals surface area contributed by atoms with E-state index in [4.69, 9.17) is 42.6 Å². The molecular formula is C82H84N4OPt-2. The second kappa shape index (κ2) is 20.9. The zero-order valence-corrected chi connectivity index (χ0v) is 48.7. The molecule has 0 amide bonds. The summed E-state index contributed by atoms with van der Waals surface area (Å²) in [5, 5.41) is 1.26. The minimum absolute atomic E-state index is 0. The molecule has 0 radical (unpaired) electrons. The summed E-state index contributed by atoms with van der Waals surface area (Å²) >= 11 is 0. The third kappa shape index (κ3) is 10.0. The Morgan fingerprint density at radius 1 is 0.523 bits per heavy atom. The molecule has 14 rings (SSSR count). The second-order valence-electron chi connectivity index (χ2n) is 22.5. The number of rotatable bonds is 8. The molecule has 5 nitrogen and oxygen atoms in total. The maximum absolute atomic E-state index is 10.6. The molecule has 0 bridgehead atoms. The maximum atomic E-state index is 10.6. The number of aromatic nitrogens is 4. The fourth-order valence-electron chi connectivity index (χ4n) is 11.0. The van der Waals surface area contributed by atoms with E-state index in [1.807, 2.05) is 39.0 Å². The first-order valence-electron chi connectivity index (χ1n) is 55.3. The summed E-state index contributed by atoms with van der Waals surface area (Å²) < 4.78 is 545. The van der Waals surface area contributed by atoms with Crippen LogP contribution < -0.4 is 9.30 Å². The Balaban J connectivity index is 0.0000176. The van der Waals surface area contributed by atoms with Gasteiger partial charge in [-0.15, -0.1) is 29.7 Å². The number of pyridine rings is 1. The average molecular weight is 1390 g/mol. The van der Waals surface area contributed by atoms with Gasteiger partial charge in [0.05, 0.1) is 29.1 Å². The molecule has 3 aliphatic carbocycles. The number of ether oxygens (including phenoxy) is 1. The van der Waals surface area contributed by atoms with E-state index >= 15 is 0 Å². The van der Waals surface area contributed by atoms with Crippen LogP contribution in [0.4, 0.5) is 0 Å². The van der Waals surface area contributed by atoms with Crippen LogP contribution in [-0.2, 0) is 59.0 Å². The van der Waals surface area contributed by atoms with Crippen molar-refractivity contribution in [3.8, 4) is 62.1 Å². The fourth-order valence-corrected chi connectivity index (χ4v) is 11.0. The molecule has 3 aromatic heterocycles. The van der Waals surface area contributed by atoms with Gasteiger partial charge < -0.3 is 13.9 Å². The minimum Gasteiger partial charge on any atom is -0.510 e. The standard InChI is InChI=1S/C82H84N4O.Pt/c1-76(2,3)56-36-43-83-74(48-56)86-70-25-17-16-22-62(70)63-31-30-59(50-72(63)86)87-58-21-18-20-57(49-58)84-51-85(71-35-29-53(47-73(71)84)52-26-32-64-67(44-52)80(10,11)40-37-77(64,4)5)75-60(54-27-33-65-68(45-54)81(12,13)41-38-78(65,6)7)23-19-24-61(75)55-28-34-66-69(46-55)82(14,15)42-39-79(66,8)9;/h16-36,43-48H,37-42H2,1-15H3;/q-2;/i4D3,5D3,6D3,7D3,8D3,9D3,10D3,11D3,12D3,13D3,14D3,15D3,26D,27D,28D,32D,33D,34D,37D2,38D2,39D2,40D2,41D2,42D2,44D,45D,46D;. The Kier molecular flexibility index (Phi) is 5.42. The predicted molar refractivity (Wildman–Crippen MR) is 361 cm³/mol. The Morgan fingerprint density at radius 2 is 1.06 bits per heavy atom. The smallest absolute Gasteiger partial charge is 0.268 e. The van der Waals surface area contributed by atoms with Crippen LogP contribution in [0.3, 0.4) is 0 Å². The summed E-state index contributed by atoms with van der Waals surface area (Å²) in [5.74, 6) is -0.123. The van der Waals surface area contributed by atoms with E-state index in [1.54, 1.807) is 35.0 Å². The van der Waals surface area contributed by atoms with E-state index in [-0.39, 0.29) is 32.6 Å². The summed E-state index contributed by atoms with van der Waals surface area (Å²) in [7, 11) is 0. The van der Waals surface area contributed by atoms with Crippen LogP contribution in [0, 0.1) is 18.5 Å². The minimum atomic E-state index is -5.08. The molecule has 0 saturated carbocycles. The Morgan fingerprint density at radius 3 is 1.64 bits per heavy atom. The molecule has 0 aliphatic heterocycles. The molecule has 0 fully saturated rings. The van der Waals surface area contributed by atoms with Crippen molar-refractivity contribution < 1.29 is 109 Å². The first-order valence-corrected chi connectivity index (χ1v) is 26.8. The number of imidazole rings is 1. The number of benzene rings is 8. The van der Waals surface area contributed by atoms with E-state index in [0.717, 1.165) is 28.3 Å². The monoisotopic (exact) mass is 1390 g/mol. The van der Waals surface area contributed by atoms with Gasteiger partial charge in [-0.1, -0.05) is 211 Å². The number of fused-ring (bicyclic) bond motifs is 7. The van der Waals surface area contributed by atoms with Crippen LogP contribution in [0.5, 0.6) is 11.5 Å². The normalized spacial score (nSPS) is 32.3. The molecule has 88 heavy (non-hydrogen) atoms. The van der Waals surface area contributed by atoms with Crippen molar-refractivity contribution in [3.63, 3.8) is 0 Å². The first kappa shape index (κ1) is 22.9. The van der Waals surface area contributed by atoms with E-state index in [0.29, 0.717) is 56.5 Å². The molecule has 6 heteroatoms. The summed E-state index contributed by atoms with van der Waals surface area (Å²) in [6.07, 6.45) is -25.5. The van der Waals surface area contributed by atoms with Crippen LogP contribution >= 0.6 is 0 Å². The molecule has 3 aliphatic rings. The summed E-state index contributed by atoms with van der Waals surface area (Å²) in [6, 6.07) is 10.6. The Bertz CT molecular complexity index is 6900.